The number of fused-ring (bicyclic) bond motifs is 10. The smallest absolute Gasteiger partial charge is 0.252 e. The monoisotopic (exact) mass is 712 g/mol. The van der Waals surface area contributed by atoms with Crippen LogP contribution in [0.25, 0.3) is 77.2 Å². The Bertz CT molecular complexity index is 3110. The summed E-state index contributed by atoms with van der Waals surface area (Å²) in [6, 6.07) is 45.6. The average molecular weight is 713 g/mol. The maximum atomic E-state index is 10.3. The first-order chi connectivity index (χ1) is 26.4. The van der Waals surface area contributed by atoms with E-state index in [1.165, 1.54) is 88.1 Å². The second-order valence-electron chi connectivity index (χ2n) is 17.8. The standard InChI is InChI=1S/C50H41BN2O2/c1-49(2,3)31-15-23-41-38(25-31)45-35(29-12-18-34(55)19-13-29)21-22-39-48(45)52(41)42-8-7-9-43-46(42)51(39)40-27-32(50(4,5)6)26-37-36-20-14-30(24-44(36)53(43)47(37)40)28-10-16-33(54)17-11-28/h7-27,54-55H,1-6H3. The molecule has 4 nitrogen and oxygen atoms in total. The molecule has 0 spiro atoms. The quantitative estimate of drug-likeness (QED) is 0.175. The number of aromatic hydroxyl groups is 2. The van der Waals surface area contributed by atoms with Crippen LogP contribution in [-0.2, 0) is 10.8 Å². The lowest BCUT2D eigenvalue weighted by Crippen LogP contribution is -2.59. The molecule has 0 bridgehead atoms. The summed E-state index contributed by atoms with van der Waals surface area (Å²) in [5.41, 5.74) is 18.4. The van der Waals surface area contributed by atoms with Gasteiger partial charge in [-0.05, 0) is 121 Å². The first-order valence-corrected chi connectivity index (χ1v) is 19.3. The Balaban J connectivity index is 1.30. The van der Waals surface area contributed by atoms with Gasteiger partial charge in [0.25, 0.3) is 6.71 Å². The molecule has 0 amide bonds. The summed E-state index contributed by atoms with van der Waals surface area (Å²) >= 11 is 0. The van der Waals surface area contributed by atoms with Crippen LogP contribution in [0.3, 0.4) is 0 Å². The van der Waals surface area contributed by atoms with Crippen molar-refractivity contribution in [1.82, 2.24) is 9.13 Å². The van der Waals surface area contributed by atoms with E-state index in [4.69, 9.17) is 0 Å². The molecule has 266 valence electrons. The first kappa shape index (κ1) is 32.3. The van der Waals surface area contributed by atoms with E-state index >= 15 is 0 Å². The normalized spacial score (nSPS) is 13.4. The van der Waals surface area contributed by atoms with E-state index < -0.39 is 0 Å². The summed E-state index contributed by atoms with van der Waals surface area (Å²) in [5.74, 6) is 0.540. The van der Waals surface area contributed by atoms with E-state index in [1.807, 2.05) is 24.3 Å². The minimum absolute atomic E-state index is 0.0157. The van der Waals surface area contributed by atoms with Gasteiger partial charge in [-0.2, -0.15) is 0 Å². The number of hydrogen-bond donors (Lipinski definition) is 2. The van der Waals surface area contributed by atoms with E-state index in [0.717, 1.165) is 16.7 Å². The fourth-order valence-corrected chi connectivity index (χ4v) is 9.62. The molecule has 0 aliphatic carbocycles. The molecule has 5 heteroatoms. The Kier molecular flexibility index (Phi) is 6.29. The molecule has 4 heterocycles. The maximum Gasteiger partial charge on any atom is 0.252 e. The number of phenolic OH excluding ortho intramolecular Hbond substituents is 2. The number of phenols is 2. The van der Waals surface area contributed by atoms with E-state index in [9.17, 15) is 10.2 Å². The summed E-state index contributed by atoms with van der Waals surface area (Å²) < 4.78 is 5.07. The molecule has 55 heavy (non-hydrogen) atoms. The molecule has 11 rings (SSSR count). The third-order valence-corrected chi connectivity index (χ3v) is 12.4. The molecule has 9 aromatic rings. The Morgan fingerprint density at radius 1 is 0.473 bits per heavy atom. The second kappa shape index (κ2) is 10.7. The summed E-state index contributed by atoms with van der Waals surface area (Å²) in [6.07, 6.45) is 0. The van der Waals surface area contributed by atoms with Crippen LogP contribution in [0, 0.1) is 0 Å². The number of aromatic nitrogens is 2. The lowest BCUT2D eigenvalue weighted by atomic mass is 9.34. The fourth-order valence-electron chi connectivity index (χ4n) is 9.62. The molecule has 7 aromatic carbocycles. The third-order valence-electron chi connectivity index (χ3n) is 12.4. The van der Waals surface area contributed by atoms with E-state index in [2.05, 4.69) is 130 Å². The molecule has 0 fully saturated rings. The van der Waals surface area contributed by atoms with Gasteiger partial charge in [-0.15, -0.1) is 0 Å². The molecule has 0 saturated carbocycles. The van der Waals surface area contributed by atoms with Crippen molar-refractivity contribution in [2.24, 2.45) is 0 Å². The van der Waals surface area contributed by atoms with Gasteiger partial charge in [0, 0.05) is 44.0 Å². The van der Waals surface area contributed by atoms with Crippen molar-refractivity contribution in [3.63, 3.8) is 0 Å². The van der Waals surface area contributed by atoms with Crippen molar-refractivity contribution < 1.29 is 10.2 Å². The number of benzene rings is 7. The molecular weight excluding hydrogens is 671 g/mol. The molecule has 2 aliphatic heterocycles. The predicted molar refractivity (Wildman–Crippen MR) is 231 cm³/mol. The Morgan fingerprint density at radius 3 is 1.76 bits per heavy atom. The lowest BCUT2D eigenvalue weighted by Gasteiger charge is -2.34. The van der Waals surface area contributed by atoms with Gasteiger partial charge >= 0.3 is 0 Å². The van der Waals surface area contributed by atoms with Crippen molar-refractivity contribution >= 4 is 66.7 Å². The van der Waals surface area contributed by atoms with Crippen LogP contribution in [0.5, 0.6) is 11.5 Å². The molecule has 0 saturated heterocycles. The number of rotatable bonds is 2. The van der Waals surface area contributed by atoms with Gasteiger partial charge in [-0.3, -0.25) is 0 Å². The van der Waals surface area contributed by atoms with Gasteiger partial charge in [0.2, 0.25) is 0 Å². The average Bonchev–Trinajstić information content (AvgIpc) is 3.68. The van der Waals surface area contributed by atoms with Gasteiger partial charge in [0.15, 0.2) is 0 Å². The molecule has 0 unspecified atom stereocenters. The van der Waals surface area contributed by atoms with E-state index in [0.29, 0.717) is 0 Å². The maximum absolute atomic E-state index is 10.3. The molecule has 0 radical (unpaired) electrons. The Morgan fingerprint density at radius 2 is 1.09 bits per heavy atom. The highest BCUT2D eigenvalue weighted by atomic mass is 16.3. The fraction of sp³-hybridized carbons (Fsp3) is 0.160. The Labute approximate surface area is 321 Å². The highest BCUT2D eigenvalue weighted by molar-refractivity contribution is 7.00. The van der Waals surface area contributed by atoms with Crippen LogP contribution < -0.4 is 16.4 Å². The van der Waals surface area contributed by atoms with Crippen LogP contribution in [0.4, 0.5) is 0 Å². The third kappa shape index (κ3) is 4.41. The van der Waals surface area contributed by atoms with Gasteiger partial charge in [0.1, 0.15) is 11.5 Å². The van der Waals surface area contributed by atoms with Crippen LogP contribution in [0.15, 0.2) is 127 Å². The largest absolute Gasteiger partial charge is 0.508 e. The first-order valence-electron chi connectivity index (χ1n) is 19.3. The van der Waals surface area contributed by atoms with Gasteiger partial charge in [-0.25, -0.2) is 0 Å². The summed E-state index contributed by atoms with van der Waals surface area (Å²) in [4.78, 5) is 0. The molecule has 0 atom stereocenters. The van der Waals surface area contributed by atoms with Crippen LogP contribution in [0.2, 0.25) is 0 Å². The van der Waals surface area contributed by atoms with Gasteiger partial charge < -0.3 is 19.3 Å². The Hall–Kier alpha value is -6.20. The zero-order valence-corrected chi connectivity index (χ0v) is 32.0. The van der Waals surface area contributed by atoms with Crippen LogP contribution in [-0.4, -0.2) is 26.1 Å². The zero-order chi connectivity index (χ0) is 37.7. The van der Waals surface area contributed by atoms with Crippen LogP contribution in [0.1, 0.15) is 52.7 Å². The molecule has 2 N–H and O–H groups in total. The summed E-state index contributed by atoms with van der Waals surface area (Å²) in [5, 5.41) is 25.4. The van der Waals surface area contributed by atoms with Crippen molar-refractivity contribution in [2.75, 3.05) is 0 Å². The van der Waals surface area contributed by atoms with Crippen molar-refractivity contribution in [3.05, 3.63) is 139 Å². The predicted octanol–water partition coefficient (Wildman–Crippen LogP) is 10.4. The highest BCUT2D eigenvalue weighted by Gasteiger charge is 2.42. The van der Waals surface area contributed by atoms with Crippen molar-refractivity contribution in [2.45, 2.75) is 52.4 Å². The zero-order valence-electron chi connectivity index (χ0n) is 32.0. The number of nitrogens with zero attached hydrogens (tertiary/aromatic N) is 2. The van der Waals surface area contributed by atoms with Crippen molar-refractivity contribution in [1.29, 1.82) is 0 Å². The lowest BCUT2D eigenvalue weighted by molar-refractivity contribution is 0.475. The van der Waals surface area contributed by atoms with E-state index in [1.54, 1.807) is 24.3 Å². The van der Waals surface area contributed by atoms with Crippen LogP contribution >= 0.6 is 0 Å². The molecular formula is C50H41BN2O2. The van der Waals surface area contributed by atoms with Crippen molar-refractivity contribution in [3.8, 4) is 45.1 Å². The minimum atomic E-state index is -0.0597. The summed E-state index contributed by atoms with van der Waals surface area (Å²) in [7, 11) is 0. The number of hydrogen-bond acceptors (Lipinski definition) is 2. The molecule has 2 aliphatic rings. The van der Waals surface area contributed by atoms with Gasteiger partial charge in [0.05, 0.1) is 11.0 Å². The highest BCUT2D eigenvalue weighted by Crippen LogP contribution is 2.44. The van der Waals surface area contributed by atoms with Gasteiger partial charge in [-0.1, -0.05) is 108 Å². The second-order valence-corrected chi connectivity index (χ2v) is 17.8. The van der Waals surface area contributed by atoms with E-state index in [-0.39, 0.29) is 29.0 Å². The summed E-state index contributed by atoms with van der Waals surface area (Å²) in [6.45, 7) is 13.9. The minimum Gasteiger partial charge on any atom is -0.508 e. The molecule has 2 aromatic heterocycles. The SMILES string of the molecule is CC(C)(C)c1ccc2c(c1)c1c(-c3ccc(O)cc3)ccc3c1n2-c1cccc2c1B3c1cc(C(C)(C)C)cc3c4ccc(-c5ccc(O)cc5)cc4n-2c13. The topological polar surface area (TPSA) is 50.3 Å².